The number of amidine groups is 1. The van der Waals surface area contributed by atoms with E-state index in [9.17, 15) is 14.0 Å². The first-order valence-electron chi connectivity index (χ1n) is 13.9. The lowest BCUT2D eigenvalue weighted by Gasteiger charge is -2.32. The summed E-state index contributed by atoms with van der Waals surface area (Å²) < 4.78 is 24.5. The first-order chi connectivity index (χ1) is 19.9. The van der Waals surface area contributed by atoms with Gasteiger partial charge in [0.15, 0.2) is 5.17 Å². The third kappa shape index (κ3) is 9.08. The maximum Gasteiger partial charge on any atom is 0.238 e. The van der Waals surface area contributed by atoms with E-state index in [1.54, 1.807) is 36.3 Å². The van der Waals surface area contributed by atoms with Gasteiger partial charge in [-0.05, 0) is 79.1 Å². The molecule has 0 saturated carbocycles. The first-order valence-corrected chi connectivity index (χ1v) is 14.8. The van der Waals surface area contributed by atoms with E-state index in [1.165, 1.54) is 36.7 Å². The van der Waals surface area contributed by atoms with Crippen LogP contribution >= 0.6 is 11.8 Å². The second kappa shape index (κ2) is 15.2. The molecule has 7 nitrogen and oxygen atoms in total. The minimum atomic E-state index is -0.659. The number of carbonyl (C=O) groups excluding carboxylic acids is 2. The summed E-state index contributed by atoms with van der Waals surface area (Å²) in [7, 11) is 1.61. The fourth-order valence-corrected chi connectivity index (χ4v) is 5.42. The standard InChI is InChI=1S/C32H36FN3O4S/c1-3-4-5-6-21-40-28-17-13-25(14-18-28)34-31(38)29-22-30(37)36(20-19-23-7-15-27(39-2)16-8-23)32(41-29)35-26-11-9-24(33)10-12-26/h7-18,29H,3-6,19-22H2,1-2H3,(H,34,38). The molecular formula is C32H36FN3O4S. The molecule has 0 spiro atoms. The maximum absolute atomic E-state index is 13.5. The van der Waals surface area contributed by atoms with Crippen LogP contribution in [-0.2, 0) is 16.0 Å². The predicted molar refractivity (Wildman–Crippen MR) is 163 cm³/mol. The second-order valence-corrected chi connectivity index (χ2v) is 10.9. The van der Waals surface area contributed by atoms with Crippen LogP contribution in [0.3, 0.4) is 0 Å². The second-order valence-electron chi connectivity index (χ2n) is 9.75. The third-order valence-corrected chi connectivity index (χ3v) is 7.84. The summed E-state index contributed by atoms with van der Waals surface area (Å²) in [6, 6.07) is 20.6. The first kappa shape index (κ1) is 30.1. The van der Waals surface area contributed by atoms with Crippen LogP contribution in [0, 0.1) is 5.82 Å². The molecular weight excluding hydrogens is 541 g/mol. The predicted octanol–water partition coefficient (Wildman–Crippen LogP) is 7.00. The summed E-state index contributed by atoms with van der Waals surface area (Å²) in [4.78, 5) is 32.7. The number of methoxy groups -OCH3 is 1. The molecule has 0 aliphatic carbocycles. The Balaban J connectivity index is 1.42. The van der Waals surface area contributed by atoms with Crippen molar-refractivity contribution in [2.24, 2.45) is 4.99 Å². The zero-order valence-corrected chi connectivity index (χ0v) is 24.3. The Hall–Kier alpha value is -3.85. The number of nitrogens with one attached hydrogen (secondary N) is 1. The molecule has 3 aromatic rings. The molecule has 216 valence electrons. The number of benzene rings is 3. The number of rotatable bonds is 13. The Kier molecular flexibility index (Phi) is 11.2. The van der Waals surface area contributed by atoms with Gasteiger partial charge in [-0.2, -0.15) is 0 Å². The molecule has 1 N–H and O–H groups in total. The molecule has 41 heavy (non-hydrogen) atoms. The molecule has 9 heteroatoms. The summed E-state index contributed by atoms with van der Waals surface area (Å²) in [5.41, 5.74) is 2.17. The highest BCUT2D eigenvalue weighted by Gasteiger charge is 2.35. The van der Waals surface area contributed by atoms with E-state index < -0.39 is 5.25 Å². The van der Waals surface area contributed by atoms with E-state index in [4.69, 9.17) is 9.47 Å². The van der Waals surface area contributed by atoms with Crippen LogP contribution in [-0.4, -0.2) is 47.4 Å². The SMILES string of the molecule is CCCCCCOc1ccc(NC(=O)C2CC(=O)N(CCc3ccc(OC)cc3)C(=Nc3ccc(F)cc3)S2)cc1. The van der Waals surface area contributed by atoms with Gasteiger partial charge in [-0.3, -0.25) is 14.5 Å². The van der Waals surface area contributed by atoms with E-state index in [2.05, 4.69) is 17.2 Å². The Bertz CT molecular complexity index is 1310. The number of aliphatic imine (C=N–C) groups is 1. The number of unbranched alkanes of at least 4 members (excludes halogenated alkanes) is 3. The van der Waals surface area contributed by atoms with Crippen LogP contribution in [0.15, 0.2) is 77.8 Å². The molecule has 3 aromatic carbocycles. The molecule has 1 unspecified atom stereocenters. The van der Waals surface area contributed by atoms with Crippen molar-refractivity contribution in [2.75, 3.05) is 25.6 Å². The quantitative estimate of drug-likeness (QED) is 0.221. The van der Waals surface area contributed by atoms with Crippen molar-refractivity contribution >= 4 is 40.1 Å². The molecule has 4 rings (SSSR count). The average molecular weight is 578 g/mol. The summed E-state index contributed by atoms with van der Waals surface area (Å²) >= 11 is 1.24. The molecule has 1 atom stereocenters. The highest BCUT2D eigenvalue weighted by Crippen LogP contribution is 2.30. The van der Waals surface area contributed by atoms with Gasteiger partial charge < -0.3 is 14.8 Å². The van der Waals surface area contributed by atoms with E-state index >= 15 is 0 Å². The van der Waals surface area contributed by atoms with Crippen LogP contribution in [0.25, 0.3) is 0 Å². The molecule has 0 bridgehead atoms. The van der Waals surface area contributed by atoms with Crippen LogP contribution in [0.4, 0.5) is 15.8 Å². The van der Waals surface area contributed by atoms with E-state index in [0.29, 0.717) is 36.1 Å². The van der Waals surface area contributed by atoms with Gasteiger partial charge in [0.25, 0.3) is 0 Å². The Labute approximate surface area is 245 Å². The minimum absolute atomic E-state index is 0.0422. The summed E-state index contributed by atoms with van der Waals surface area (Å²) in [5.74, 6) is 0.671. The van der Waals surface area contributed by atoms with Crippen LogP contribution in [0.5, 0.6) is 11.5 Å². The number of thioether (sulfide) groups is 1. The highest BCUT2D eigenvalue weighted by atomic mass is 32.2. The molecule has 1 aliphatic heterocycles. The van der Waals surface area contributed by atoms with Crippen molar-refractivity contribution in [2.45, 2.75) is 50.7 Å². The van der Waals surface area contributed by atoms with Gasteiger partial charge in [0, 0.05) is 18.7 Å². The number of halogens is 1. The summed E-state index contributed by atoms with van der Waals surface area (Å²) in [6.45, 7) is 3.24. The largest absolute Gasteiger partial charge is 0.497 e. The van der Waals surface area contributed by atoms with Gasteiger partial charge in [-0.1, -0.05) is 50.1 Å². The van der Waals surface area contributed by atoms with Crippen molar-refractivity contribution in [3.63, 3.8) is 0 Å². The minimum Gasteiger partial charge on any atom is -0.497 e. The summed E-state index contributed by atoms with van der Waals surface area (Å²) in [6.07, 6.45) is 5.18. The number of hydrogen-bond donors (Lipinski definition) is 1. The van der Waals surface area contributed by atoms with Gasteiger partial charge in [0.1, 0.15) is 22.6 Å². The fraction of sp³-hybridized carbons (Fsp3) is 0.344. The number of amides is 2. The Morgan fingerprint density at radius 1 is 1.00 bits per heavy atom. The topological polar surface area (TPSA) is 80.2 Å². The lowest BCUT2D eigenvalue weighted by molar-refractivity contribution is -0.129. The maximum atomic E-state index is 13.5. The molecule has 1 fully saturated rings. The third-order valence-electron chi connectivity index (χ3n) is 6.66. The fourth-order valence-electron chi connectivity index (χ4n) is 4.30. The number of anilines is 1. The van der Waals surface area contributed by atoms with Crippen LogP contribution in [0.1, 0.15) is 44.6 Å². The van der Waals surface area contributed by atoms with E-state index in [0.717, 1.165) is 29.9 Å². The zero-order valence-electron chi connectivity index (χ0n) is 23.5. The summed E-state index contributed by atoms with van der Waals surface area (Å²) in [5, 5.41) is 2.67. The van der Waals surface area contributed by atoms with E-state index in [1.807, 2.05) is 36.4 Å². The number of nitrogens with zero attached hydrogens (tertiary/aromatic N) is 2. The van der Waals surface area contributed by atoms with Crippen molar-refractivity contribution in [3.8, 4) is 11.5 Å². The van der Waals surface area contributed by atoms with Gasteiger partial charge in [-0.25, -0.2) is 9.38 Å². The molecule has 0 radical (unpaired) electrons. The molecule has 1 heterocycles. The Morgan fingerprint density at radius 2 is 1.71 bits per heavy atom. The van der Waals surface area contributed by atoms with Gasteiger partial charge in [-0.15, -0.1) is 0 Å². The van der Waals surface area contributed by atoms with Crippen molar-refractivity contribution in [3.05, 3.63) is 84.2 Å². The van der Waals surface area contributed by atoms with Crippen LogP contribution < -0.4 is 14.8 Å². The lowest BCUT2D eigenvalue weighted by Crippen LogP contribution is -2.46. The Morgan fingerprint density at radius 3 is 2.39 bits per heavy atom. The molecule has 1 aliphatic rings. The average Bonchev–Trinajstić information content (AvgIpc) is 2.98. The number of carbonyl (C=O) groups is 2. The lowest BCUT2D eigenvalue weighted by atomic mass is 10.1. The van der Waals surface area contributed by atoms with Gasteiger partial charge in [0.05, 0.1) is 19.4 Å². The zero-order chi connectivity index (χ0) is 29.0. The molecule has 1 saturated heterocycles. The molecule has 0 aromatic heterocycles. The van der Waals surface area contributed by atoms with E-state index in [-0.39, 0.29) is 24.1 Å². The smallest absolute Gasteiger partial charge is 0.238 e. The van der Waals surface area contributed by atoms with Gasteiger partial charge in [0.2, 0.25) is 11.8 Å². The van der Waals surface area contributed by atoms with Crippen molar-refractivity contribution in [1.29, 1.82) is 0 Å². The number of hydrogen-bond acceptors (Lipinski definition) is 6. The van der Waals surface area contributed by atoms with Crippen molar-refractivity contribution in [1.82, 2.24) is 4.90 Å². The van der Waals surface area contributed by atoms with Gasteiger partial charge >= 0.3 is 0 Å². The monoisotopic (exact) mass is 577 g/mol. The normalized spacial score (nSPS) is 16.1. The number of ether oxygens (including phenoxy) is 2. The van der Waals surface area contributed by atoms with Crippen LogP contribution in [0.2, 0.25) is 0 Å². The highest BCUT2D eigenvalue weighted by molar-refractivity contribution is 8.15. The van der Waals surface area contributed by atoms with Crippen molar-refractivity contribution < 1.29 is 23.5 Å². The molecule has 2 amide bonds.